The number of carbonyl (C=O) groups excluding carboxylic acids is 1. The number of aromatic nitrogens is 2. The lowest BCUT2D eigenvalue weighted by Crippen LogP contribution is -2.34. The van der Waals surface area contributed by atoms with Gasteiger partial charge in [-0.3, -0.25) is 4.79 Å². The third kappa shape index (κ3) is 3.91. The molecule has 4 nitrogen and oxygen atoms in total. The van der Waals surface area contributed by atoms with Gasteiger partial charge in [-0.1, -0.05) is 43.1 Å². The molecule has 1 amide bonds. The summed E-state index contributed by atoms with van der Waals surface area (Å²) in [6, 6.07) is 13.4. The van der Waals surface area contributed by atoms with Gasteiger partial charge in [-0.15, -0.1) is 0 Å². The molecule has 0 unspecified atom stereocenters. The van der Waals surface area contributed by atoms with Crippen molar-refractivity contribution in [2.75, 3.05) is 6.54 Å². The highest BCUT2D eigenvalue weighted by Crippen LogP contribution is 2.21. The quantitative estimate of drug-likeness (QED) is 0.645. The summed E-state index contributed by atoms with van der Waals surface area (Å²) in [6.45, 7) is 7.37. The van der Waals surface area contributed by atoms with E-state index >= 15 is 0 Å². The van der Waals surface area contributed by atoms with Gasteiger partial charge < -0.3 is 9.47 Å². The third-order valence-electron chi connectivity index (χ3n) is 4.41. The molecule has 136 valence electrons. The predicted molar refractivity (Wildman–Crippen MR) is 106 cm³/mol. The number of hydrogen-bond acceptors (Lipinski definition) is 2. The Balaban J connectivity index is 1.94. The molecule has 0 aliphatic rings. The van der Waals surface area contributed by atoms with Crippen LogP contribution in [0.4, 0.5) is 0 Å². The molecule has 5 heteroatoms. The van der Waals surface area contributed by atoms with Gasteiger partial charge in [0.25, 0.3) is 5.91 Å². The van der Waals surface area contributed by atoms with Gasteiger partial charge in [-0.2, -0.15) is 0 Å². The van der Waals surface area contributed by atoms with Gasteiger partial charge >= 0.3 is 0 Å². The molecule has 3 rings (SSSR count). The fourth-order valence-electron chi connectivity index (χ4n) is 3.15. The van der Waals surface area contributed by atoms with Crippen LogP contribution in [-0.2, 0) is 13.6 Å². The molecule has 0 fully saturated rings. The molecule has 0 atom stereocenters. The zero-order valence-electron chi connectivity index (χ0n) is 15.7. The second-order valence-corrected chi connectivity index (χ2v) is 7.61. The fourth-order valence-corrected chi connectivity index (χ4v) is 3.31. The summed E-state index contributed by atoms with van der Waals surface area (Å²) in [5, 5.41) is 0.682. The number of nitrogens with zero attached hydrogens (tertiary/aromatic N) is 3. The van der Waals surface area contributed by atoms with Crippen LogP contribution in [0.15, 0.2) is 42.5 Å². The SMILES string of the molecule is Cc1cccc(C(=O)N(Cc2nc3ccc(Cl)cc3n2C)CC(C)C)c1. The molecule has 0 spiro atoms. The highest BCUT2D eigenvalue weighted by atomic mass is 35.5. The van der Waals surface area contributed by atoms with E-state index in [0.717, 1.165) is 22.4 Å². The number of rotatable bonds is 5. The molecule has 0 N–H and O–H groups in total. The number of aryl methyl sites for hydroxylation is 2. The van der Waals surface area contributed by atoms with Gasteiger partial charge in [0.2, 0.25) is 0 Å². The van der Waals surface area contributed by atoms with Gasteiger partial charge in [-0.05, 0) is 43.2 Å². The summed E-state index contributed by atoms with van der Waals surface area (Å²) in [7, 11) is 1.96. The van der Waals surface area contributed by atoms with Crippen LogP contribution in [0.3, 0.4) is 0 Å². The average Bonchev–Trinajstić information content (AvgIpc) is 2.89. The largest absolute Gasteiger partial charge is 0.331 e. The Morgan fingerprint density at radius 1 is 1.23 bits per heavy atom. The molecule has 0 saturated carbocycles. The maximum Gasteiger partial charge on any atom is 0.254 e. The zero-order chi connectivity index (χ0) is 18.8. The maximum absolute atomic E-state index is 13.1. The maximum atomic E-state index is 13.1. The lowest BCUT2D eigenvalue weighted by molar-refractivity contribution is 0.0716. The molecular weight excluding hydrogens is 346 g/mol. The van der Waals surface area contributed by atoms with Crippen molar-refractivity contribution < 1.29 is 4.79 Å². The third-order valence-corrected chi connectivity index (χ3v) is 4.64. The van der Waals surface area contributed by atoms with Crippen molar-refractivity contribution in [1.82, 2.24) is 14.5 Å². The molecule has 0 aliphatic carbocycles. The molecule has 0 saturated heterocycles. The molecule has 0 bridgehead atoms. The normalized spacial score (nSPS) is 11.3. The van der Waals surface area contributed by atoms with Crippen LogP contribution in [0.25, 0.3) is 11.0 Å². The number of amides is 1. The lowest BCUT2D eigenvalue weighted by Gasteiger charge is -2.24. The molecule has 26 heavy (non-hydrogen) atoms. The van der Waals surface area contributed by atoms with Crippen molar-refractivity contribution in [2.45, 2.75) is 27.3 Å². The molecule has 1 aromatic heterocycles. The van der Waals surface area contributed by atoms with Crippen LogP contribution < -0.4 is 0 Å². The molecule has 0 aliphatic heterocycles. The van der Waals surface area contributed by atoms with E-state index in [2.05, 4.69) is 13.8 Å². The molecule has 0 radical (unpaired) electrons. The number of fused-ring (bicyclic) bond motifs is 1. The summed E-state index contributed by atoms with van der Waals surface area (Å²) in [5.41, 5.74) is 3.66. The fraction of sp³-hybridized carbons (Fsp3) is 0.333. The van der Waals surface area contributed by atoms with Crippen molar-refractivity contribution in [2.24, 2.45) is 13.0 Å². The molecular formula is C21H24ClN3O. The Morgan fingerprint density at radius 2 is 2.00 bits per heavy atom. The van der Waals surface area contributed by atoms with Crippen LogP contribution in [0.5, 0.6) is 0 Å². The van der Waals surface area contributed by atoms with E-state index in [-0.39, 0.29) is 5.91 Å². The number of carbonyl (C=O) groups is 1. The van der Waals surface area contributed by atoms with Gasteiger partial charge in [0.1, 0.15) is 5.82 Å². The first-order valence-electron chi connectivity index (χ1n) is 8.82. The minimum absolute atomic E-state index is 0.0347. The highest BCUT2D eigenvalue weighted by Gasteiger charge is 2.20. The second kappa shape index (κ2) is 7.50. The van der Waals surface area contributed by atoms with E-state index in [1.54, 1.807) is 0 Å². The first kappa shape index (κ1) is 18.5. The smallest absolute Gasteiger partial charge is 0.254 e. The average molecular weight is 370 g/mol. The predicted octanol–water partition coefficient (Wildman–Crippen LogP) is 4.83. The number of hydrogen-bond donors (Lipinski definition) is 0. The Bertz CT molecular complexity index is 946. The van der Waals surface area contributed by atoms with E-state index in [1.165, 1.54) is 0 Å². The van der Waals surface area contributed by atoms with Crippen LogP contribution >= 0.6 is 11.6 Å². The van der Waals surface area contributed by atoms with Crippen LogP contribution in [0.2, 0.25) is 5.02 Å². The van der Waals surface area contributed by atoms with Crippen LogP contribution in [0, 0.1) is 12.8 Å². The second-order valence-electron chi connectivity index (χ2n) is 7.17. The van der Waals surface area contributed by atoms with Gasteiger partial charge in [0.05, 0.1) is 17.6 Å². The van der Waals surface area contributed by atoms with E-state index in [4.69, 9.17) is 16.6 Å². The summed E-state index contributed by atoms with van der Waals surface area (Å²) in [6.07, 6.45) is 0. The van der Waals surface area contributed by atoms with E-state index < -0.39 is 0 Å². The summed E-state index contributed by atoms with van der Waals surface area (Å²) >= 11 is 6.11. The summed E-state index contributed by atoms with van der Waals surface area (Å²) in [4.78, 5) is 19.7. The number of halogens is 1. The zero-order valence-corrected chi connectivity index (χ0v) is 16.4. The monoisotopic (exact) mass is 369 g/mol. The Labute approximate surface area is 159 Å². The summed E-state index contributed by atoms with van der Waals surface area (Å²) < 4.78 is 2.01. The Kier molecular flexibility index (Phi) is 5.33. The van der Waals surface area contributed by atoms with Crippen molar-refractivity contribution in [1.29, 1.82) is 0 Å². The topological polar surface area (TPSA) is 38.1 Å². The first-order valence-corrected chi connectivity index (χ1v) is 9.19. The molecule has 1 heterocycles. The Hall–Kier alpha value is -2.33. The van der Waals surface area contributed by atoms with Crippen molar-refractivity contribution in [3.63, 3.8) is 0 Å². The minimum Gasteiger partial charge on any atom is -0.331 e. The van der Waals surface area contributed by atoms with Crippen molar-refractivity contribution in [3.8, 4) is 0 Å². The Morgan fingerprint density at radius 3 is 2.69 bits per heavy atom. The first-order chi connectivity index (χ1) is 12.3. The molecule has 2 aromatic carbocycles. The highest BCUT2D eigenvalue weighted by molar-refractivity contribution is 6.31. The summed E-state index contributed by atoms with van der Waals surface area (Å²) in [5.74, 6) is 1.25. The number of imidazole rings is 1. The lowest BCUT2D eigenvalue weighted by atomic mass is 10.1. The standard InChI is InChI=1S/C21H24ClN3O/c1-14(2)12-25(21(26)16-7-5-6-15(3)10-16)13-20-23-18-9-8-17(22)11-19(18)24(20)4/h5-11,14H,12-13H2,1-4H3. The minimum atomic E-state index is 0.0347. The van der Waals surface area contributed by atoms with Crippen molar-refractivity contribution >= 4 is 28.5 Å². The van der Waals surface area contributed by atoms with Gasteiger partial charge in [0, 0.05) is 24.2 Å². The van der Waals surface area contributed by atoms with E-state index in [1.807, 2.05) is 65.9 Å². The molecule has 3 aromatic rings. The van der Waals surface area contributed by atoms with Crippen molar-refractivity contribution in [3.05, 3.63) is 64.4 Å². The van der Waals surface area contributed by atoms with Gasteiger partial charge in [0.15, 0.2) is 0 Å². The van der Waals surface area contributed by atoms with E-state index in [0.29, 0.717) is 29.6 Å². The number of benzene rings is 2. The van der Waals surface area contributed by atoms with Gasteiger partial charge in [-0.25, -0.2) is 4.98 Å². The van der Waals surface area contributed by atoms with Crippen LogP contribution in [-0.4, -0.2) is 26.9 Å². The van der Waals surface area contributed by atoms with Crippen LogP contribution in [0.1, 0.15) is 35.6 Å². The van der Waals surface area contributed by atoms with E-state index in [9.17, 15) is 4.79 Å².